The van der Waals surface area contributed by atoms with Crippen molar-refractivity contribution in [2.45, 2.75) is 73.1 Å². The molecule has 0 saturated carbocycles. The number of hydrogen-bond acceptors (Lipinski definition) is 5. The molecule has 0 amide bonds. The van der Waals surface area contributed by atoms with Crippen LogP contribution in [-0.2, 0) is 14.3 Å². The zero-order valence-electron chi connectivity index (χ0n) is 22.0. The summed E-state index contributed by atoms with van der Waals surface area (Å²) in [4.78, 5) is 39.6. The number of ether oxygens (including phenoxy) is 1. The van der Waals surface area contributed by atoms with E-state index in [2.05, 4.69) is 51.2 Å². The molecule has 4 aliphatic rings. The van der Waals surface area contributed by atoms with Gasteiger partial charge in [0.25, 0.3) is 0 Å². The molecule has 5 heteroatoms. The summed E-state index contributed by atoms with van der Waals surface area (Å²) >= 11 is 0. The van der Waals surface area contributed by atoms with Crippen molar-refractivity contribution in [3.8, 4) is 11.1 Å². The van der Waals surface area contributed by atoms with Crippen LogP contribution in [0, 0.1) is 12.3 Å². The van der Waals surface area contributed by atoms with Gasteiger partial charge in [0.2, 0.25) is 0 Å². The van der Waals surface area contributed by atoms with Gasteiger partial charge in [0.1, 0.15) is 0 Å². The van der Waals surface area contributed by atoms with Crippen molar-refractivity contribution in [3.63, 3.8) is 0 Å². The number of hydrogen-bond donors (Lipinski definition) is 1. The van der Waals surface area contributed by atoms with Gasteiger partial charge in [0.15, 0.2) is 11.6 Å². The van der Waals surface area contributed by atoms with Crippen molar-refractivity contribution < 1.29 is 19.1 Å². The number of carbonyl (C=O) groups excluding carboxylic acids is 3. The fourth-order valence-corrected chi connectivity index (χ4v) is 5.70. The number of rotatable bonds is 4. The molecule has 0 radical (unpaired) electrons. The zero-order valence-corrected chi connectivity index (χ0v) is 22.0. The quantitative estimate of drug-likeness (QED) is 0.423. The van der Waals surface area contributed by atoms with E-state index in [4.69, 9.17) is 4.74 Å². The maximum absolute atomic E-state index is 13.6. The van der Waals surface area contributed by atoms with Crippen LogP contribution in [0.3, 0.4) is 0 Å². The van der Waals surface area contributed by atoms with E-state index >= 15 is 0 Å². The van der Waals surface area contributed by atoms with E-state index in [1.54, 1.807) is 6.92 Å². The van der Waals surface area contributed by atoms with E-state index < -0.39 is 11.9 Å². The maximum atomic E-state index is 13.6. The van der Waals surface area contributed by atoms with Gasteiger partial charge in [-0.1, -0.05) is 45.9 Å². The third-order valence-electron chi connectivity index (χ3n) is 7.38. The Balaban J connectivity index is 2.10. The lowest BCUT2D eigenvalue weighted by Gasteiger charge is -2.39. The normalized spacial score (nSPS) is 19.7. The lowest BCUT2D eigenvalue weighted by molar-refractivity contribution is -0.136. The van der Waals surface area contributed by atoms with Crippen LogP contribution in [0.4, 0.5) is 0 Å². The van der Waals surface area contributed by atoms with Crippen LogP contribution in [-0.4, -0.2) is 24.6 Å². The van der Waals surface area contributed by atoms with Gasteiger partial charge in [-0.15, -0.1) is 0 Å². The Morgan fingerprint density at radius 1 is 1.11 bits per heavy atom. The summed E-state index contributed by atoms with van der Waals surface area (Å²) < 4.78 is 5.20. The summed E-state index contributed by atoms with van der Waals surface area (Å²) in [5.41, 5.74) is 7.75. The minimum Gasteiger partial charge on any atom is -0.466 e. The highest BCUT2D eigenvalue weighted by molar-refractivity contribution is 6.08. The van der Waals surface area contributed by atoms with Crippen molar-refractivity contribution in [3.05, 3.63) is 69.1 Å². The number of methoxy groups -OCH3 is 1. The van der Waals surface area contributed by atoms with Crippen LogP contribution in [0.25, 0.3) is 11.1 Å². The third-order valence-corrected chi connectivity index (χ3v) is 7.38. The van der Waals surface area contributed by atoms with Crippen LogP contribution >= 0.6 is 0 Å². The lowest BCUT2D eigenvalue weighted by atomic mass is 9.68. The summed E-state index contributed by atoms with van der Waals surface area (Å²) in [7, 11) is 1.36. The number of dihydropyridines is 1. The molecule has 1 unspecified atom stereocenters. The molecule has 4 rings (SSSR count). The van der Waals surface area contributed by atoms with Gasteiger partial charge >= 0.3 is 5.97 Å². The molecule has 0 aromatic heterocycles. The number of ketones is 2. The average Bonchev–Trinajstić information content (AvgIpc) is 3.04. The van der Waals surface area contributed by atoms with Crippen molar-refractivity contribution >= 4 is 17.5 Å². The van der Waals surface area contributed by atoms with E-state index in [0.717, 1.165) is 33.5 Å². The molecule has 0 saturated heterocycles. The van der Waals surface area contributed by atoms with Crippen LogP contribution in [0.1, 0.15) is 93.3 Å². The molecule has 3 aliphatic carbocycles. The van der Waals surface area contributed by atoms with E-state index in [9.17, 15) is 14.4 Å². The highest BCUT2D eigenvalue weighted by Crippen LogP contribution is 2.51. The number of Topliss-reactive ketones (excluding diaryl/α,β-unsaturated/α-hetero) is 2. The van der Waals surface area contributed by atoms with Gasteiger partial charge in [0.05, 0.1) is 12.7 Å². The minimum atomic E-state index is -0.597. The summed E-state index contributed by atoms with van der Waals surface area (Å²) in [6.45, 7) is 13.9. The monoisotopic (exact) mass is 473 g/mol. The molecule has 0 fully saturated rings. The first-order chi connectivity index (χ1) is 16.4. The van der Waals surface area contributed by atoms with Gasteiger partial charge in [-0.2, -0.15) is 0 Å². The second kappa shape index (κ2) is 8.78. The zero-order chi connectivity index (χ0) is 25.8. The van der Waals surface area contributed by atoms with Crippen molar-refractivity contribution in [2.24, 2.45) is 5.41 Å². The van der Waals surface area contributed by atoms with E-state index in [1.807, 2.05) is 19.9 Å². The molecule has 1 N–H and O–H groups in total. The second-order valence-corrected chi connectivity index (χ2v) is 11.1. The van der Waals surface area contributed by atoms with Gasteiger partial charge in [-0.05, 0) is 72.4 Å². The Hall–Kier alpha value is -3.21. The van der Waals surface area contributed by atoms with Gasteiger partial charge in [-0.25, -0.2) is 4.79 Å². The molecule has 0 bridgehead atoms. The summed E-state index contributed by atoms with van der Waals surface area (Å²) in [5.74, 6) is -0.807. The SMILES string of the molecule is COC(=O)C1=C(C)NC2=C(C(=O)CC(C)(C)C2)C1c1cc(C(C)=O)c2c(C)ccc(C(C)C)cc1-2. The topological polar surface area (TPSA) is 72.5 Å². The molecule has 5 nitrogen and oxygen atoms in total. The lowest BCUT2D eigenvalue weighted by Crippen LogP contribution is -2.38. The first kappa shape index (κ1) is 24.9. The molecular weight excluding hydrogens is 438 g/mol. The summed E-state index contributed by atoms with van der Waals surface area (Å²) in [6, 6.07) is 8.17. The van der Waals surface area contributed by atoms with Crippen LogP contribution < -0.4 is 5.32 Å². The summed E-state index contributed by atoms with van der Waals surface area (Å²) in [5, 5.41) is 3.36. The predicted octanol–water partition coefficient (Wildman–Crippen LogP) is 6.20. The maximum Gasteiger partial charge on any atom is 0.336 e. The van der Waals surface area contributed by atoms with Crippen molar-refractivity contribution in [1.29, 1.82) is 0 Å². The standard InChI is InChI=1S/C30H35NO4/c1-15(2)19-10-9-16(3)25-20(18(5)32)12-22(21(25)11-19)27-26(29(34)35-8)17(4)31-23-13-30(6,7)14-24(33)28(23)27/h9-12,15,27,31H,13-14H2,1-8H3. The van der Waals surface area contributed by atoms with E-state index in [0.29, 0.717) is 35.2 Å². The van der Waals surface area contributed by atoms with E-state index in [-0.39, 0.29) is 22.9 Å². The Kier molecular flexibility index (Phi) is 6.25. The highest BCUT2D eigenvalue weighted by atomic mass is 16.5. The molecule has 0 spiro atoms. The van der Waals surface area contributed by atoms with Crippen LogP contribution in [0.5, 0.6) is 0 Å². The fourth-order valence-electron chi connectivity index (χ4n) is 5.70. The third kappa shape index (κ3) is 4.22. The molecule has 0 aromatic rings. The molecule has 1 heterocycles. The number of esters is 1. The second-order valence-electron chi connectivity index (χ2n) is 11.1. The van der Waals surface area contributed by atoms with Crippen molar-refractivity contribution in [2.75, 3.05) is 7.11 Å². The number of nitrogens with one attached hydrogen (secondary N) is 1. The predicted molar refractivity (Wildman–Crippen MR) is 138 cm³/mol. The Labute approximate surface area is 208 Å². The van der Waals surface area contributed by atoms with Crippen molar-refractivity contribution in [1.82, 2.24) is 5.32 Å². The summed E-state index contributed by atoms with van der Waals surface area (Å²) in [6.07, 6.45) is 1.11. The van der Waals surface area contributed by atoms with Crippen LogP contribution in [0.15, 0.2) is 46.8 Å². The Morgan fingerprint density at radius 2 is 1.80 bits per heavy atom. The first-order valence-electron chi connectivity index (χ1n) is 12.3. The molecule has 1 atom stereocenters. The Bertz CT molecular complexity index is 1290. The largest absolute Gasteiger partial charge is 0.466 e. The van der Waals surface area contributed by atoms with Gasteiger partial charge < -0.3 is 10.1 Å². The smallest absolute Gasteiger partial charge is 0.336 e. The van der Waals surface area contributed by atoms with E-state index in [1.165, 1.54) is 7.11 Å². The molecule has 1 aliphatic heterocycles. The molecular formula is C30H35NO4. The number of aryl methyl sites for hydroxylation is 1. The van der Waals surface area contributed by atoms with Gasteiger partial charge in [0, 0.05) is 34.9 Å². The highest BCUT2D eigenvalue weighted by Gasteiger charge is 2.44. The molecule has 184 valence electrons. The first-order valence-corrected chi connectivity index (χ1v) is 12.3. The number of carbonyl (C=O) groups is 3. The minimum absolute atomic E-state index is 0.0301. The molecule has 0 aromatic carbocycles. The number of fused-ring (bicyclic) bond motifs is 1. The van der Waals surface area contributed by atoms with Gasteiger partial charge in [-0.3, -0.25) is 9.59 Å². The molecule has 35 heavy (non-hydrogen) atoms. The average molecular weight is 474 g/mol. The number of allylic oxidation sites excluding steroid dienone is 3. The fraction of sp³-hybridized carbons (Fsp3) is 0.433. The van der Waals surface area contributed by atoms with Crippen LogP contribution in [0.2, 0.25) is 0 Å². The Morgan fingerprint density at radius 3 is 2.40 bits per heavy atom.